The fraction of sp³-hybridized carbons (Fsp3) is 0.556. The van der Waals surface area contributed by atoms with Gasteiger partial charge in [0.1, 0.15) is 11.6 Å². The minimum atomic E-state index is -0.213. The van der Waals surface area contributed by atoms with Crippen molar-refractivity contribution in [2.24, 2.45) is 5.92 Å². The van der Waals surface area contributed by atoms with Crippen molar-refractivity contribution >= 4 is 0 Å². The number of allylic oxidation sites excluding steroid dienone is 1. The number of hydrogen-bond acceptors (Lipinski definition) is 2. The van der Waals surface area contributed by atoms with Gasteiger partial charge >= 0.3 is 0 Å². The lowest BCUT2D eigenvalue weighted by molar-refractivity contribution is 0.301. The molecule has 2 nitrogen and oxygen atoms in total. The molecule has 3 heteroatoms. The standard InChI is InChI=1S/C18H28FNO/c1-4-5-6-7-8-11-21-18-10-9-17(19)12-16(18)14-20-13-15(2)3/h4,9-10,12,15,20H,1,5-8,11,13-14H2,2-3H3. The van der Waals surface area contributed by atoms with E-state index in [1.54, 1.807) is 12.1 Å². The van der Waals surface area contributed by atoms with Crippen LogP contribution in [0.5, 0.6) is 5.75 Å². The van der Waals surface area contributed by atoms with Gasteiger partial charge in [0.2, 0.25) is 0 Å². The van der Waals surface area contributed by atoms with Crippen LogP contribution in [-0.2, 0) is 6.54 Å². The number of hydrogen-bond donors (Lipinski definition) is 1. The zero-order valence-corrected chi connectivity index (χ0v) is 13.3. The molecule has 1 aromatic rings. The highest BCUT2D eigenvalue weighted by Gasteiger charge is 2.06. The van der Waals surface area contributed by atoms with Crippen molar-refractivity contribution in [3.05, 3.63) is 42.2 Å². The molecule has 0 saturated heterocycles. The van der Waals surface area contributed by atoms with E-state index in [0.29, 0.717) is 19.1 Å². The first-order chi connectivity index (χ1) is 10.1. The van der Waals surface area contributed by atoms with Crippen LogP contribution in [0.25, 0.3) is 0 Å². The summed E-state index contributed by atoms with van der Waals surface area (Å²) in [6.45, 7) is 10.3. The van der Waals surface area contributed by atoms with E-state index in [4.69, 9.17) is 4.74 Å². The largest absolute Gasteiger partial charge is 0.493 e. The second-order valence-corrected chi connectivity index (χ2v) is 5.76. The van der Waals surface area contributed by atoms with E-state index in [1.807, 2.05) is 6.08 Å². The maximum atomic E-state index is 13.4. The van der Waals surface area contributed by atoms with Crippen molar-refractivity contribution in [1.29, 1.82) is 0 Å². The number of ether oxygens (including phenoxy) is 1. The average Bonchev–Trinajstić information content (AvgIpc) is 2.44. The van der Waals surface area contributed by atoms with E-state index in [9.17, 15) is 4.39 Å². The third-order valence-corrected chi connectivity index (χ3v) is 3.20. The number of nitrogens with one attached hydrogen (secondary N) is 1. The summed E-state index contributed by atoms with van der Waals surface area (Å²) in [5.74, 6) is 1.15. The molecule has 118 valence electrons. The Labute approximate surface area is 128 Å². The molecule has 0 atom stereocenters. The Hall–Kier alpha value is -1.35. The minimum absolute atomic E-state index is 0.213. The van der Waals surface area contributed by atoms with Crippen molar-refractivity contribution in [3.63, 3.8) is 0 Å². The molecule has 0 bridgehead atoms. The van der Waals surface area contributed by atoms with Gasteiger partial charge in [-0.05, 0) is 56.3 Å². The quantitative estimate of drug-likeness (QED) is 0.472. The average molecular weight is 293 g/mol. The second kappa shape index (κ2) is 10.4. The SMILES string of the molecule is C=CCCCCCOc1ccc(F)cc1CNCC(C)C. The molecule has 0 heterocycles. The molecule has 0 aliphatic carbocycles. The molecule has 1 N–H and O–H groups in total. The number of halogens is 1. The molecule has 0 aromatic heterocycles. The van der Waals surface area contributed by atoms with Crippen molar-refractivity contribution in [2.45, 2.75) is 46.1 Å². The molecule has 21 heavy (non-hydrogen) atoms. The second-order valence-electron chi connectivity index (χ2n) is 5.76. The summed E-state index contributed by atoms with van der Waals surface area (Å²) in [5, 5.41) is 3.33. The highest BCUT2D eigenvalue weighted by molar-refractivity contribution is 5.33. The molecule has 0 radical (unpaired) electrons. The van der Waals surface area contributed by atoms with Gasteiger partial charge in [0.15, 0.2) is 0 Å². The van der Waals surface area contributed by atoms with Crippen molar-refractivity contribution in [2.75, 3.05) is 13.2 Å². The molecule has 1 rings (SSSR count). The van der Waals surface area contributed by atoms with Crippen LogP contribution in [0.4, 0.5) is 4.39 Å². The third kappa shape index (κ3) is 7.86. The van der Waals surface area contributed by atoms with Gasteiger partial charge < -0.3 is 10.1 Å². The smallest absolute Gasteiger partial charge is 0.123 e. The van der Waals surface area contributed by atoms with Crippen LogP contribution >= 0.6 is 0 Å². The zero-order chi connectivity index (χ0) is 15.5. The summed E-state index contributed by atoms with van der Waals surface area (Å²) in [4.78, 5) is 0. The summed E-state index contributed by atoms with van der Waals surface area (Å²) in [7, 11) is 0. The molecule has 0 aliphatic heterocycles. The van der Waals surface area contributed by atoms with Crippen molar-refractivity contribution in [3.8, 4) is 5.75 Å². The summed E-state index contributed by atoms with van der Waals surface area (Å²) in [5.41, 5.74) is 0.891. The highest BCUT2D eigenvalue weighted by atomic mass is 19.1. The number of rotatable bonds is 11. The van der Waals surface area contributed by atoms with Gasteiger partial charge in [-0.2, -0.15) is 0 Å². The van der Waals surface area contributed by atoms with Gasteiger partial charge in [-0.1, -0.05) is 19.9 Å². The maximum absolute atomic E-state index is 13.4. The van der Waals surface area contributed by atoms with Gasteiger partial charge in [0.05, 0.1) is 6.61 Å². The molecule has 0 unspecified atom stereocenters. The van der Waals surface area contributed by atoms with Crippen molar-refractivity contribution < 1.29 is 9.13 Å². The normalized spacial score (nSPS) is 10.9. The van der Waals surface area contributed by atoms with Crippen LogP contribution in [0.1, 0.15) is 45.1 Å². The first-order valence-corrected chi connectivity index (χ1v) is 7.86. The van der Waals surface area contributed by atoms with Crippen LogP contribution in [0.2, 0.25) is 0 Å². The van der Waals surface area contributed by atoms with E-state index < -0.39 is 0 Å². The summed E-state index contributed by atoms with van der Waals surface area (Å²) in [6.07, 6.45) is 6.30. The molecule has 0 amide bonds. The Morgan fingerprint density at radius 1 is 1.29 bits per heavy atom. The predicted octanol–water partition coefficient (Wildman–Crippen LogP) is 4.70. The summed E-state index contributed by atoms with van der Waals surface area (Å²) in [6, 6.07) is 4.74. The van der Waals surface area contributed by atoms with Crippen LogP contribution < -0.4 is 10.1 Å². The van der Waals surface area contributed by atoms with Crippen LogP contribution in [-0.4, -0.2) is 13.2 Å². The number of unbranched alkanes of at least 4 members (excludes halogenated alkanes) is 3. The molecule has 0 saturated carbocycles. The predicted molar refractivity (Wildman–Crippen MR) is 87.1 cm³/mol. The van der Waals surface area contributed by atoms with E-state index in [0.717, 1.165) is 43.5 Å². The third-order valence-electron chi connectivity index (χ3n) is 3.20. The van der Waals surface area contributed by atoms with Crippen LogP contribution in [0.15, 0.2) is 30.9 Å². The number of benzene rings is 1. The topological polar surface area (TPSA) is 21.3 Å². The zero-order valence-electron chi connectivity index (χ0n) is 13.3. The van der Waals surface area contributed by atoms with E-state index in [2.05, 4.69) is 25.7 Å². The summed E-state index contributed by atoms with van der Waals surface area (Å²) >= 11 is 0. The van der Waals surface area contributed by atoms with E-state index in [1.165, 1.54) is 6.07 Å². The summed E-state index contributed by atoms with van der Waals surface area (Å²) < 4.78 is 19.2. The Morgan fingerprint density at radius 2 is 2.10 bits per heavy atom. The van der Waals surface area contributed by atoms with Crippen LogP contribution in [0, 0.1) is 11.7 Å². The molecule has 1 aromatic carbocycles. The fourth-order valence-electron chi connectivity index (χ4n) is 2.07. The molecular weight excluding hydrogens is 265 g/mol. The Bertz CT molecular complexity index is 418. The first kappa shape index (κ1) is 17.7. The van der Waals surface area contributed by atoms with Gasteiger partial charge in [-0.15, -0.1) is 6.58 Å². The Kier molecular flexibility index (Phi) is 8.76. The van der Waals surface area contributed by atoms with Crippen molar-refractivity contribution in [1.82, 2.24) is 5.32 Å². The van der Waals surface area contributed by atoms with Gasteiger partial charge in [0.25, 0.3) is 0 Å². The fourth-order valence-corrected chi connectivity index (χ4v) is 2.07. The first-order valence-electron chi connectivity index (χ1n) is 7.86. The van der Waals surface area contributed by atoms with Gasteiger partial charge in [0, 0.05) is 12.1 Å². The molecule has 0 fully saturated rings. The molecule has 0 spiro atoms. The van der Waals surface area contributed by atoms with E-state index in [-0.39, 0.29) is 5.82 Å². The lowest BCUT2D eigenvalue weighted by atomic mass is 10.1. The monoisotopic (exact) mass is 293 g/mol. The Morgan fingerprint density at radius 3 is 2.81 bits per heavy atom. The maximum Gasteiger partial charge on any atom is 0.123 e. The minimum Gasteiger partial charge on any atom is -0.493 e. The molecular formula is C18H28FNO. The lowest BCUT2D eigenvalue weighted by Crippen LogP contribution is -2.19. The van der Waals surface area contributed by atoms with E-state index >= 15 is 0 Å². The lowest BCUT2D eigenvalue weighted by Gasteiger charge is -2.13. The highest BCUT2D eigenvalue weighted by Crippen LogP contribution is 2.20. The van der Waals surface area contributed by atoms with Crippen LogP contribution in [0.3, 0.4) is 0 Å². The van der Waals surface area contributed by atoms with Gasteiger partial charge in [-0.3, -0.25) is 0 Å². The van der Waals surface area contributed by atoms with Gasteiger partial charge in [-0.25, -0.2) is 4.39 Å². The Balaban J connectivity index is 2.42. The molecule has 0 aliphatic rings.